The van der Waals surface area contributed by atoms with Gasteiger partial charge in [0.05, 0.1) is 0 Å². The first-order valence-electron chi connectivity index (χ1n) is 4.69. The molecule has 0 aliphatic rings. The molecule has 0 saturated carbocycles. The largest absolute Gasteiger partial charge is 0.384 e. The molecule has 15 heavy (non-hydrogen) atoms. The summed E-state index contributed by atoms with van der Waals surface area (Å²) in [6.07, 6.45) is 2.54. The second-order valence-electron chi connectivity index (χ2n) is 3.40. The molecule has 2 rings (SSSR count). The molecule has 0 radical (unpaired) electrons. The van der Waals surface area contributed by atoms with Gasteiger partial charge in [-0.05, 0) is 41.8 Å². The number of halogens is 1. The maximum absolute atomic E-state index is 5.91. The van der Waals surface area contributed by atoms with Crippen molar-refractivity contribution in [2.24, 2.45) is 0 Å². The van der Waals surface area contributed by atoms with Gasteiger partial charge < -0.3 is 5.73 Å². The average molecular weight is 219 g/mol. The maximum Gasteiger partial charge on any atom is 0.123 e. The quantitative estimate of drug-likeness (QED) is 0.842. The molecular formula is C12H11ClN2. The molecule has 76 valence electrons. The standard InChI is InChI=1S/C12H11ClN2/c13-11-3-1-2-9(7-11)6-10-4-5-15-12(14)8-10/h1-5,7-8H,6H2,(H2,14,15). The third-order valence-electron chi connectivity index (χ3n) is 2.14. The van der Waals surface area contributed by atoms with Crippen molar-refractivity contribution >= 4 is 17.4 Å². The lowest BCUT2D eigenvalue weighted by molar-refractivity contribution is 1.17. The Morgan fingerprint density at radius 2 is 1.93 bits per heavy atom. The van der Waals surface area contributed by atoms with Crippen molar-refractivity contribution in [3.8, 4) is 0 Å². The molecule has 0 unspecified atom stereocenters. The third-order valence-corrected chi connectivity index (χ3v) is 2.38. The fraction of sp³-hybridized carbons (Fsp3) is 0.0833. The summed E-state index contributed by atoms with van der Waals surface area (Å²) in [5.74, 6) is 0.550. The van der Waals surface area contributed by atoms with E-state index in [4.69, 9.17) is 17.3 Å². The van der Waals surface area contributed by atoms with Crippen LogP contribution in [0, 0.1) is 0 Å². The minimum atomic E-state index is 0.550. The molecule has 0 spiro atoms. The monoisotopic (exact) mass is 218 g/mol. The lowest BCUT2D eigenvalue weighted by Crippen LogP contribution is -1.93. The van der Waals surface area contributed by atoms with Crippen LogP contribution in [-0.4, -0.2) is 4.98 Å². The van der Waals surface area contributed by atoms with Crippen LogP contribution >= 0.6 is 11.6 Å². The Kier molecular flexibility index (Phi) is 2.88. The van der Waals surface area contributed by atoms with Crippen molar-refractivity contribution < 1.29 is 0 Å². The predicted octanol–water partition coefficient (Wildman–Crippen LogP) is 2.91. The third kappa shape index (κ3) is 2.70. The van der Waals surface area contributed by atoms with Gasteiger partial charge in [0, 0.05) is 11.2 Å². The van der Waals surface area contributed by atoms with Crippen LogP contribution < -0.4 is 5.73 Å². The lowest BCUT2D eigenvalue weighted by Gasteiger charge is -2.02. The van der Waals surface area contributed by atoms with Gasteiger partial charge in [0.2, 0.25) is 0 Å². The van der Waals surface area contributed by atoms with Crippen molar-refractivity contribution in [1.29, 1.82) is 0 Å². The van der Waals surface area contributed by atoms with E-state index in [0.29, 0.717) is 5.82 Å². The molecule has 0 bridgehead atoms. The first kappa shape index (κ1) is 9.99. The number of nitrogen functional groups attached to an aromatic ring is 1. The highest BCUT2D eigenvalue weighted by atomic mass is 35.5. The van der Waals surface area contributed by atoms with E-state index in [1.807, 2.05) is 36.4 Å². The highest BCUT2D eigenvalue weighted by Gasteiger charge is 1.98. The van der Waals surface area contributed by atoms with Crippen molar-refractivity contribution in [3.05, 3.63) is 58.7 Å². The summed E-state index contributed by atoms with van der Waals surface area (Å²) >= 11 is 5.91. The smallest absolute Gasteiger partial charge is 0.123 e. The summed E-state index contributed by atoms with van der Waals surface area (Å²) in [6.45, 7) is 0. The van der Waals surface area contributed by atoms with Gasteiger partial charge in [-0.1, -0.05) is 23.7 Å². The molecule has 3 heteroatoms. The van der Waals surface area contributed by atoms with Gasteiger partial charge in [0.15, 0.2) is 0 Å². The molecule has 0 atom stereocenters. The molecule has 1 aromatic heterocycles. The second kappa shape index (κ2) is 4.32. The number of nitrogens with zero attached hydrogens (tertiary/aromatic N) is 1. The summed E-state index contributed by atoms with van der Waals surface area (Å²) in [7, 11) is 0. The van der Waals surface area contributed by atoms with Crippen LogP contribution in [0.2, 0.25) is 5.02 Å². The molecule has 2 aromatic rings. The van der Waals surface area contributed by atoms with Gasteiger partial charge in [0.1, 0.15) is 5.82 Å². The molecule has 2 nitrogen and oxygen atoms in total. The number of hydrogen-bond donors (Lipinski definition) is 1. The van der Waals surface area contributed by atoms with E-state index in [9.17, 15) is 0 Å². The summed E-state index contributed by atoms with van der Waals surface area (Å²) in [4.78, 5) is 3.95. The minimum absolute atomic E-state index is 0.550. The van der Waals surface area contributed by atoms with E-state index in [1.54, 1.807) is 6.20 Å². The predicted molar refractivity (Wildman–Crippen MR) is 62.9 cm³/mol. The van der Waals surface area contributed by atoms with Crippen molar-refractivity contribution in [2.75, 3.05) is 5.73 Å². The van der Waals surface area contributed by atoms with Gasteiger partial charge in [-0.15, -0.1) is 0 Å². The summed E-state index contributed by atoms with van der Waals surface area (Å²) in [6, 6.07) is 11.6. The number of aromatic nitrogens is 1. The van der Waals surface area contributed by atoms with Crippen LogP contribution in [0.15, 0.2) is 42.6 Å². The van der Waals surface area contributed by atoms with E-state index in [2.05, 4.69) is 4.98 Å². The molecule has 0 aliphatic carbocycles. The van der Waals surface area contributed by atoms with Crippen LogP contribution in [-0.2, 0) is 6.42 Å². The van der Waals surface area contributed by atoms with Gasteiger partial charge in [-0.2, -0.15) is 0 Å². The molecule has 1 heterocycles. The Morgan fingerprint density at radius 1 is 1.13 bits per heavy atom. The summed E-state index contributed by atoms with van der Waals surface area (Å²) < 4.78 is 0. The van der Waals surface area contributed by atoms with E-state index < -0.39 is 0 Å². The van der Waals surface area contributed by atoms with Gasteiger partial charge in [0.25, 0.3) is 0 Å². The average Bonchev–Trinajstić information content (AvgIpc) is 2.17. The van der Waals surface area contributed by atoms with E-state index >= 15 is 0 Å². The molecule has 0 amide bonds. The van der Waals surface area contributed by atoms with Crippen LogP contribution in [0.5, 0.6) is 0 Å². The Morgan fingerprint density at radius 3 is 2.67 bits per heavy atom. The first-order chi connectivity index (χ1) is 7.24. The number of hydrogen-bond acceptors (Lipinski definition) is 2. The molecule has 0 saturated heterocycles. The Balaban J connectivity index is 2.22. The van der Waals surface area contributed by atoms with Crippen molar-refractivity contribution in [1.82, 2.24) is 4.98 Å². The van der Waals surface area contributed by atoms with Gasteiger partial charge in [-0.3, -0.25) is 0 Å². The molecule has 0 fully saturated rings. The zero-order valence-electron chi connectivity index (χ0n) is 8.15. The number of nitrogens with two attached hydrogens (primary N) is 1. The number of anilines is 1. The SMILES string of the molecule is Nc1cc(Cc2cccc(Cl)c2)ccn1. The van der Waals surface area contributed by atoms with Gasteiger partial charge >= 0.3 is 0 Å². The lowest BCUT2D eigenvalue weighted by atomic mass is 10.1. The molecular weight excluding hydrogens is 208 g/mol. The zero-order chi connectivity index (χ0) is 10.7. The fourth-order valence-electron chi connectivity index (χ4n) is 1.49. The van der Waals surface area contributed by atoms with Crippen LogP contribution in [0.4, 0.5) is 5.82 Å². The topological polar surface area (TPSA) is 38.9 Å². The van der Waals surface area contributed by atoms with Crippen molar-refractivity contribution in [3.63, 3.8) is 0 Å². The normalized spacial score (nSPS) is 10.2. The Hall–Kier alpha value is -1.54. The van der Waals surface area contributed by atoms with E-state index in [-0.39, 0.29) is 0 Å². The number of benzene rings is 1. The Labute approximate surface area is 93.7 Å². The number of pyridine rings is 1. The summed E-state index contributed by atoms with van der Waals surface area (Å²) in [5.41, 5.74) is 7.92. The van der Waals surface area contributed by atoms with E-state index in [1.165, 1.54) is 5.56 Å². The zero-order valence-corrected chi connectivity index (χ0v) is 8.91. The molecule has 0 aliphatic heterocycles. The second-order valence-corrected chi connectivity index (χ2v) is 3.83. The van der Waals surface area contributed by atoms with Crippen molar-refractivity contribution in [2.45, 2.75) is 6.42 Å². The first-order valence-corrected chi connectivity index (χ1v) is 5.07. The minimum Gasteiger partial charge on any atom is -0.384 e. The van der Waals surface area contributed by atoms with Gasteiger partial charge in [-0.25, -0.2) is 4.98 Å². The molecule has 2 N–H and O–H groups in total. The van der Waals surface area contributed by atoms with E-state index in [0.717, 1.165) is 17.0 Å². The summed E-state index contributed by atoms with van der Waals surface area (Å²) in [5, 5.41) is 0.759. The highest BCUT2D eigenvalue weighted by molar-refractivity contribution is 6.30. The number of rotatable bonds is 2. The van der Waals surface area contributed by atoms with Crippen LogP contribution in [0.3, 0.4) is 0 Å². The Bertz CT molecular complexity index is 425. The molecule has 1 aromatic carbocycles. The fourth-order valence-corrected chi connectivity index (χ4v) is 1.70. The highest BCUT2D eigenvalue weighted by Crippen LogP contribution is 2.15. The maximum atomic E-state index is 5.91. The van der Waals surface area contributed by atoms with Crippen LogP contribution in [0.1, 0.15) is 11.1 Å². The van der Waals surface area contributed by atoms with Crippen LogP contribution in [0.25, 0.3) is 0 Å².